The SMILES string of the molecule is O=C(c1ccncc1)N1CCN(Cc2nnc3n2CCCCC3)CC1. The van der Waals surface area contributed by atoms with Crippen molar-refractivity contribution in [1.29, 1.82) is 0 Å². The maximum absolute atomic E-state index is 12.5. The molecule has 1 saturated heterocycles. The van der Waals surface area contributed by atoms with Gasteiger partial charge in [-0.1, -0.05) is 6.42 Å². The van der Waals surface area contributed by atoms with E-state index in [-0.39, 0.29) is 5.91 Å². The van der Waals surface area contributed by atoms with E-state index in [2.05, 4.69) is 24.6 Å². The van der Waals surface area contributed by atoms with Gasteiger partial charge in [0, 0.05) is 57.1 Å². The Morgan fingerprint density at radius 2 is 1.76 bits per heavy atom. The minimum atomic E-state index is 0.0957. The summed E-state index contributed by atoms with van der Waals surface area (Å²) in [6.45, 7) is 5.12. The summed E-state index contributed by atoms with van der Waals surface area (Å²) in [6.07, 6.45) is 8.08. The highest BCUT2D eigenvalue weighted by Crippen LogP contribution is 2.16. The molecule has 2 aromatic heterocycles. The third-order valence-corrected chi connectivity index (χ3v) is 5.14. The molecule has 1 amide bonds. The molecule has 0 bridgehead atoms. The van der Waals surface area contributed by atoms with E-state index in [1.54, 1.807) is 24.5 Å². The Kier molecular flexibility index (Phi) is 4.74. The number of rotatable bonds is 3. The van der Waals surface area contributed by atoms with Crippen molar-refractivity contribution in [1.82, 2.24) is 29.5 Å². The van der Waals surface area contributed by atoms with Gasteiger partial charge in [-0.15, -0.1) is 10.2 Å². The van der Waals surface area contributed by atoms with Crippen LogP contribution < -0.4 is 0 Å². The van der Waals surface area contributed by atoms with Crippen molar-refractivity contribution in [3.8, 4) is 0 Å². The normalized spacial score (nSPS) is 18.6. The van der Waals surface area contributed by atoms with E-state index in [1.807, 2.05) is 4.90 Å². The molecule has 25 heavy (non-hydrogen) atoms. The van der Waals surface area contributed by atoms with E-state index < -0.39 is 0 Å². The van der Waals surface area contributed by atoms with Gasteiger partial charge in [0.15, 0.2) is 0 Å². The van der Waals surface area contributed by atoms with Crippen molar-refractivity contribution >= 4 is 5.91 Å². The van der Waals surface area contributed by atoms with Gasteiger partial charge in [0.2, 0.25) is 0 Å². The van der Waals surface area contributed by atoms with E-state index in [9.17, 15) is 4.79 Å². The highest BCUT2D eigenvalue weighted by Gasteiger charge is 2.24. The van der Waals surface area contributed by atoms with E-state index in [0.717, 1.165) is 57.3 Å². The summed E-state index contributed by atoms with van der Waals surface area (Å²) in [6, 6.07) is 3.56. The fourth-order valence-corrected chi connectivity index (χ4v) is 3.65. The summed E-state index contributed by atoms with van der Waals surface area (Å²) in [7, 11) is 0. The Morgan fingerprint density at radius 3 is 2.56 bits per heavy atom. The maximum Gasteiger partial charge on any atom is 0.254 e. The monoisotopic (exact) mass is 340 g/mol. The zero-order valence-electron chi connectivity index (χ0n) is 14.5. The van der Waals surface area contributed by atoms with Crippen LogP contribution in [-0.2, 0) is 19.5 Å². The average Bonchev–Trinajstić information content (AvgIpc) is 2.89. The number of carbonyl (C=O) groups excluding carboxylic acids is 1. The molecule has 7 heteroatoms. The van der Waals surface area contributed by atoms with Crippen molar-refractivity contribution in [2.45, 2.75) is 38.8 Å². The molecule has 7 nitrogen and oxygen atoms in total. The third-order valence-electron chi connectivity index (χ3n) is 5.14. The van der Waals surface area contributed by atoms with E-state index in [0.29, 0.717) is 5.56 Å². The van der Waals surface area contributed by atoms with Gasteiger partial charge in [0.05, 0.1) is 6.54 Å². The van der Waals surface area contributed by atoms with Crippen molar-refractivity contribution in [2.75, 3.05) is 26.2 Å². The fraction of sp³-hybridized carbons (Fsp3) is 0.556. The van der Waals surface area contributed by atoms with Crippen LogP contribution in [0.4, 0.5) is 0 Å². The molecule has 0 unspecified atom stereocenters. The molecule has 1 fully saturated rings. The zero-order chi connectivity index (χ0) is 17.1. The van der Waals surface area contributed by atoms with Crippen LogP contribution >= 0.6 is 0 Å². The molecule has 0 aromatic carbocycles. The van der Waals surface area contributed by atoms with Crippen LogP contribution in [-0.4, -0.2) is 61.6 Å². The summed E-state index contributed by atoms with van der Waals surface area (Å²) in [5, 5.41) is 8.80. The molecule has 0 N–H and O–H groups in total. The van der Waals surface area contributed by atoms with Gasteiger partial charge in [-0.3, -0.25) is 14.7 Å². The first-order valence-corrected chi connectivity index (χ1v) is 9.14. The molecule has 2 aliphatic rings. The second-order valence-corrected chi connectivity index (χ2v) is 6.80. The highest BCUT2D eigenvalue weighted by atomic mass is 16.2. The maximum atomic E-state index is 12.5. The van der Waals surface area contributed by atoms with Crippen molar-refractivity contribution in [2.24, 2.45) is 0 Å². The number of aromatic nitrogens is 4. The van der Waals surface area contributed by atoms with Gasteiger partial charge >= 0.3 is 0 Å². The molecule has 0 radical (unpaired) electrons. The van der Waals surface area contributed by atoms with Crippen molar-refractivity contribution < 1.29 is 4.79 Å². The first-order chi connectivity index (χ1) is 12.3. The van der Waals surface area contributed by atoms with Crippen LogP contribution in [0.15, 0.2) is 24.5 Å². The number of hydrogen-bond acceptors (Lipinski definition) is 5. The molecule has 0 atom stereocenters. The Morgan fingerprint density at radius 1 is 0.960 bits per heavy atom. The van der Waals surface area contributed by atoms with E-state index >= 15 is 0 Å². The Balaban J connectivity index is 1.35. The molecule has 4 rings (SSSR count). The molecular weight excluding hydrogens is 316 g/mol. The number of piperazine rings is 1. The van der Waals surface area contributed by atoms with Crippen molar-refractivity contribution in [3.63, 3.8) is 0 Å². The molecule has 2 aromatic rings. The quantitative estimate of drug-likeness (QED) is 0.844. The zero-order valence-corrected chi connectivity index (χ0v) is 14.5. The van der Waals surface area contributed by atoms with Gasteiger partial charge in [-0.25, -0.2) is 0 Å². The van der Waals surface area contributed by atoms with Crippen LogP contribution in [0.2, 0.25) is 0 Å². The number of amides is 1. The minimum Gasteiger partial charge on any atom is -0.336 e. The molecule has 0 saturated carbocycles. The lowest BCUT2D eigenvalue weighted by molar-refractivity contribution is 0.0623. The number of hydrogen-bond donors (Lipinski definition) is 0. The number of nitrogens with zero attached hydrogens (tertiary/aromatic N) is 6. The topological polar surface area (TPSA) is 67.2 Å². The van der Waals surface area contributed by atoms with Gasteiger partial charge in [0.25, 0.3) is 5.91 Å². The largest absolute Gasteiger partial charge is 0.336 e. The third kappa shape index (κ3) is 3.56. The van der Waals surface area contributed by atoms with Crippen molar-refractivity contribution in [3.05, 3.63) is 41.7 Å². The average molecular weight is 340 g/mol. The summed E-state index contributed by atoms with van der Waals surface area (Å²) in [5.41, 5.74) is 0.714. The second-order valence-electron chi connectivity index (χ2n) is 6.80. The number of pyridine rings is 1. The summed E-state index contributed by atoms with van der Waals surface area (Å²) in [5.74, 6) is 2.31. The van der Waals surface area contributed by atoms with Crippen LogP contribution in [0.3, 0.4) is 0 Å². The molecule has 0 aliphatic carbocycles. The van der Waals surface area contributed by atoms with Crippen LogP contribution in [0.1, 0.15) is 41.3 Å². The number of aryl methyl sites for hydroxylation is 1. The molecular formula is C18H24N6O. The van der Waals surface area contributed by atoms with Gasteiger partial charge in [-0.2, -0.15) is 0 Å². The first kappa shape index (κ1) is 16.2. The van der Waals surface area contributed by atoms with E-state index in [4.69, 9.17) is 0 Å². The summed E-state index contributed by atoms with van der Waals surface area (Å²) < 4.78 is 2.31. The van der Waals surface area contributed by atoms with E-state index in [1.165, 1.54) is 19.3 Å². The Labute approximate surface area is 147 Å². The van der Waals surface area contributed by atoms with Gasteiger partial charge in [0.1, 0.15) is 11.6 Å². The smallest absolute Gasteiger partial charge is 0.254 e. The first-order valence-electron chi connectivity index (χ1n) is 9.14. The lowest BCUT2D eigenvalue weighted by atomic mass is 10.2. The van der Waals surface area contributed by atoms with Gasteiger partial charge < -0.3 is 9.47 Å². The standard InChI is InChI=1S/C18H24N6O/c25-18(15-5-7-19-8-6-15)23-12-10-22(11-13-23)14-17-21-20-16-4-2-1-3-9-24(16)17/h5-8H,1-4,9-14H2. The molecule has 4 heterocycles. The predicted molar refractivity (Wildman–Crippen MR) is 93.0 cm³/mol. The Hall–Kier alpha value is -2.28. The molecule has 2 aliphatic heterocycles. The summed E-state index contributed by atoms with van der Waals surface area (Å²) in [4.78, 5) is 20.8. The van der Waals surface area contributed by atoms with Crippen LogP contribution in [0.5, 0.6) is 0 Å². The Bertz CT molecular complexity index is 720. The lowest BCUT2D eigenvalue weighted by Gasteiger charge is -2.34. The fourth-order valence-electron chi connectivity index (χ4n) is 3.65. The highest BCUT2D eigenvalue weighted by molar-refractivity contribution is 5.94. The van der Waals surface area contributed by atoms with Crippen LogP contribution in [0.25, 0.3) is 0 Å². The number of carbonyl (C=O) groups is 1. The molecule has 132 valence electrons. The summed E-state index contributed by atoms with van der Waals surface area (Å²) >= 11 is 0. The lowest BCUT2D eigenvalue weighted by Crippen LogP contribution is -2.48. The molecule has 0 spiro atoms. The second kappa shape index (κ2) is 7.31. The van der Waals surface area contributed by atoms with Gasteiger partial charge in [-0.05, 0) is 25.0 Å². The predicted octanol–water partition coefficient (Wildman–Crippen LogP) is 1.36. The number of fused-ring (bicyclic) bond motifs is 1. The van der Waals surface area contributed by atoms with Crippen LogP contribution in [0, 0.1) is 0 Å². The minimum absolute atomic E-state index is 0.0957.